The summed E-state index contributed by atoms with van der Waals surface area (Å²) in [5.74, 6) is -0.165. The Morgan fingerprint density at radius 1 is 0.737 bits per heavy atom. The molecule has 0 aliphatic rings. The van der Waals surface area contributed by atoms with Gasteiger partial charge in [-0.3, -0.25) is 4.79 Å². The highest BCUT2D eigenvalue weighted by molar-refractivity contribution is 6.48. The highest BCUT2D eigenvalue weighted by Crippen LogP contribution is 2.31. The fraction of sp³-hybridized carbons (Fsp3) is 0. The van der Waals surface area contributed by atoms with Gasteiger partial charge in [-0.05, 0) is 0 Å². The Bertz CT molecular complexity index is 730. The molecule has 0 saturated heterocycles. The van der Waals surface area contributed by atoms with E-state index in [9.17, 15) is 4.79 Å². The predicted octanol–water partition coefficient (Wildman–Crippen LogP) is 3.94. The molecule has 0 unspecified atom stereocenters. The molecule has 2 heterocycles. The number of rotatable bonds is 1. The molecule has 0 radical (unpaired) electrons. The van der Waals surface area contributed by atoms with Crippen molar-refractivity contribution in [1.29, 1.82) is 0 Å². The van der Waals surface area contributed by atoms with Crippen molar-refractivity contribution < 1.29 is 0 Å². The van der Waals surface area contributed by atoms with E-state index in [1.165, 1.54) is 0 Å². The van der Waals surface area contributed by atoms with E-state index in [0.717, 1.165) is 4.68 Å². The van der Waals surface area contributed by atoms with E-state index in [1.54, 1.807) is 0 Å². The molecule has 0 aromatic carbocycles. The standard InChI is InChI=1S/C8Cl6N4O/c9-1-3(11)7(16-15-5(1)13)18-8(19)4(12)2(10)6(14)17-18. The first kappa shape index (κ1) is 15.1. The van der Waals surface area contributed by atoms with Crippen LogP contribution < -0.4 is 5.56 Å². The van der Waals surface area contributed by atoms with Crippen LogP contribution in [0.25, 0.3) is 5.82 Å². The second-order valence-electron chi connectivity index (χ2n) is 3.08. The zero-order valence-electron chi connectivity index (χ0n) is 8.46. The molecule has 0 amide bonds. The van der Waals surface area contributed by atoms with Crippen molar-refractivity contribution >= 4 is 69.6 Å². The number of hydrogen-bond acceptors (Lipinski definition) is 4. The summed E-state index contributed by atoms with van der Waals surface area (Å²) in [5.41, 5.74) is -0.773. The van der Waals surface area contributed by atoms with E-state index in [1.807, 2.05) is 0 Å². The maximum absolute atomic E-state index is 11.9. The molecule has 0 atom stereocenters. The molecule has 0 spiro atoms. The second kappa shape index (κ2) is 5.60. The van der Waals surface area contributed by atoms with Crippen LogP contribution in [0.1, 0.15) is 0 Å². The van der Waals surface area contributed by atoms with E-state index in [-0.39, 0.29) is 36.2 Å². The van der Waals surface area contributed by atoms with E-state index < -0.39 is 5.56 Å². The molecule has 100 valence electrons. The van der Waals surface area contributed by atoms with E-state index in [0.29, 0.717) is 0 Å². The van der Waals surface area contributed by atoms with Crippen LogP contribution >= 0.6 is 69.6 Å². The summed E-state index contributed by atoms with van der Waals surface area (Å²) in [6, 6.07) is 0. The molecule has 2 aromatic rings. The Hall–Kier alpha value is -0.300. The predicted molar refractivity (Wildman–Crippen MR) is 75.5 cm³/mol. The summed E-state index contributed by atoms with van der Waals surface area (Å²) in [4.78, 5) is 11.9. The van der Waals surface area contributed by atoms with Crippen LogP contribution in [0.3, 0.4) is 0 Å². The maximum atomic E-state index is 11.9. The van der Waals surface area contributed by atoms with Gasteiger partial charge in [0.2, 0.25) is 0 Å². The molecule has 0 bridgehead atoms. The lowest BCUT2D eigenvalue weighted by molar-refractivity contribution is 0.761. The molecular formula is C8Cl6N4O. The van der Waals surface area contributed by atoms with Crippen LogP contribution in [0, 0.1) is 0 Å². The summed E-state index contributed by atoms with van der Waals surface area (Å²) in [6.07, 6.45) is 0. The average Bonchev–Trinajstić information content (AvgIpc) is 2.39. The first-order chi connectivity index (χ1) is 8.84. The summed E-state index contributed by atoms with van der Waals surface area (Å²) < 4.78 is 0.730. The maximum Gasteiger partial charge on any atom is 0.293 e. The van der Waals surface area contributed by atoms with Gasteiger partial charge in [0.15, 0.2) is 16.1 Å². The Labute approximate surface area is 135 Å². The van der Waals surface area contributed by atoms with Crippen molar-refractivity contribution in [2.45, 2.75) is 0 Å². The van der Waals surface area contributed by atoms with E-state index in [4.69, 9.17) is 69.6 Å². The summed E-state index contributed by atoms with van der Waals surface area (Å²) in [5, 5.41) is 9.83. The van der Waals surface area contributed by atoms with Crippen LogP contribution in [-0.4, -0.2) is 20.0 Å². The zero-order chi connectivity index (χ0) is 14.3. The Morgan fingerprint density at radius 2 is 1.32 bits per heavy atom. The molecule has 0 N–H and O–H groups in total. The van der Waals surface area contributed by atoms with Crippen LogP contribution in [-0.2, 0) is 0 Å². The minimum Gasteiger partial charge on any atom is -0.266 e. The number of hydrogen-bond donors (Lipinski definition) is 0. The Kier molecular flexibility index (Phi) is 4.45. The van der Waals surface area contributed by atoms with Crippen LogP contribution in [0.15, 0.2) is 4.79 Å². The van der Waals surface area contributed by atoms with Gasteiger partial charge in [-0.25, -0.2) is 0 Å². The molecule has 11 heteroatoms. The first-order valence-corrected chi connectivity index (χ1v) is 6.62. The first-order valence-electron chi connectivity index (χ1n) is 4.36. The fourth-order valence-electron chi connectivity index (χ4n) is 1.10. The molecule has 2 aromatic heterocycles. The molecule has 19 heavy (non-hydrogen) atoms. The second-order valence-corrected chi connectivity index (χ2v) is 5.31. The van der Waals surface area contributed by atoms with Gasteiger partial charge in [0.1, 0.15) is 20.1 Å². The van der Waals surface area contributed by atoms with Gasteiger partial charge in [0.05, 0.1) is 0 Å². The van der Waals surface area contributed by atoms with Gasteiger partial charge in [-0.2, -0.15) is 4.68 Å². The third kappa shape index (κ3) is 2.63. The average molecular weight is 381 g/mol. The molecule has 0 aliphatic carbocycles. The van der Waals surface area contributed by atoms with Crippen molar-refractivity contribution in [3.63, 3.8) is 0 Å². The van der Waals surface area contributed by atoms with Gasteiger partial charge < -0.3 is 0 Å². The van der Waals surface area contributed by atoms with Crippen LogP contribution in [0.2, 0.25) is 30.4 Å². The van der Waals surface area contributed by atoms with E-state index in [2.05, 4.69) is 15.3 Å². The minimum atomic E-state index is -0.773. The van der Waals surface area contributed by atoms with Crippen LogP contribution in [0.5, 0.6) is 0 Å². The number of aromatic nitrogens is 4. The van der Waals surface area contributed by atoms with Crippen molar-refractivity contribution in [2.75, 3.05) is 0 Å². The molecule has 2 rings (SSSR count). The van der Waals surface area contributed by atoms with Crippen molar-refractivity contribution in [1.82, 2.24) is 20.0 Å². The minimum absolute atomic E-state index is 0.0794. The lowest BCUT2D eigenvalue weighted by Crippen LogP contribution is -2.24. The third-order valence-electron chi connectivity index (χ3n) is 1.95. The third-order valence-corrected chi connectivity index (χ3v) is 4.31. The van der Waals surface area contributed by atoms with Crippen molar-refractivity contribution in [2.24, 2.45) is 0 Å². The number of halogens is 6. The zero-order valence-corrected chi connectivity index (χ0v) is 13.0. The fourth-order valence-corrected chi connectivity index (χ4v) is 2.12. The Balaban J connectivity index is 2.81. The highest BCUT2D eigenvalue weighted by atomic mass is 35.5. The highest BCUT2D eigenvalue weighted by Gasteiger charge is 2.19. The van der Waals surface area contributed by atoms with Crippen LogP contribution in [0.4, 0.5) is 0 Å². The largest absolute Gasteiger partial charge is 0.293 e. The van der Waals surface area contributed by atoms with E-state index >= 15 is 0 Å². The molecular weight excluding hydrogens is 381 g/mol. The SMILES string of the molecule is O=c1c(Cl)c(Cl)c(Cl)nn1-c1nnc(Cl)c(Cl)c1Cl. The van der Waals surface area contributed by atoms with Gasteiger partial charge in [0, 0.05) is 0 Å². The van der Waals surface area contributed by atoms with Crippen molar-refractivity contribution in [3.8, 4) is 5.82 Å². The lowest BCUT2D eigenvalue weighted by atomic mass is 10.5. The topological polar surface area (TPSA) is 60.7 Å². The Morgan fingerprint density at radius 3 is 1.95 bits per heavy atom. The smallest absolute Gasteiger partial charge is 0.266 e. The molecule has 0 aliphatic heterocycles. The lowest BCUT2D eigenvalue weighted by Gasteiger charge is -2.08. The van der Waals surface area contributed by atoms with Gasteiger partial charge in [-0.15, -0.1) is 15.3 Å². The van der Waals surface area contributed by atoms with Crippen molar-refractivity contribution in [3.05, 3.63) is 40.8 Å². The molecule has 0 fully saturated rings. The number of nitrogens with zero attached hydrogens (tertiary/aromatic N) is 4. The van der Waals surface area contributed by atoms with Gasteiger partial charge in [-0.1, -0.05) is 69.6 Å². The van der Waals surface area contributed by atoms with Gasteiger partial charge in [0.25, 0.3) is 5.56 Å². The molecule has 0 saturated carbocycles. The quantitative estimate of drug-likeness (QED) is 0.751. The molecule has 5 nitrogen and oxygen atoms in total. The summed E-state index contributed by atoms with van der Waals surface area (Å²) in [7, 11) is 0. The summed E-state index contributed by atoms with van der Waals surface area (Å²) in [6.45, 7) is 0. The van der Waals surface area contributed by atoms with Gasteiger partial charge >= 0.3 is 0 Å². The normalized spacial score (nSPS) is 10.8. The monoisotopic (exact) mass is 378 g/mol. The summed E-state index contributed by atoms with van der Waals surface area (Å²) >= 11 is 34.5.